The normalized spacial score (nSPS) is 16.1. The minimum absolute atomic E-state index is 0.0347. The summed E-state index contributed by atoms with van der Waals surface area (Å²) in [5, 5.41) is 12.4. The van der Waals surface area contributed by atoms with E-state index in [1.807, 2.05) is 49.0 Å². The minimum atomic E-state index is -1.23. The van der Waals surface area contributed by atoms with Crippen LogP contribution in [-0.2, 0) is 42.6 Å². The molecule has 1 aliphatic carbocycles. The molecule has 1 aliphatic heterocycles. The first kappa shape index (κ1) is 34.7. The number of aliphatic hydroxyl groups is 1. The van der Waals surface area contributed by atoms with Gasteiger partial charge >= 0.3 is 5.97 Å². The van der Waals surface area contributed by atoms with E-state index in [-0.39, 0.29) is 34.6 Å². The lowest BCUT2D eigenvalue weighted by Gasteiger charge is -2.21. The monoisotopic (exact) mass is 711 g/mol. The molecular formula is C35H36Cl2FN5O6. The van der Waals surface area contributed by atoms with Crippen molar-refractivity contribution in [3.63, 3.8) is 0 Å². The van der Waals surface area contributed by atoms with Crippen molar-refractivity contribution in [1.82, 2.24) is 14.5 Å². The number of amides is 1. The number of esters is 1. The number of likely N-dealkylation sites (N-methyl/N-ethyl adjacent to an activating group) is 1. The Morgan fingerprint density at radius 2 is 1.90 bits per heavy atom. The molecule has 0 radical (unpaired) electrons. The van der Waals surface area contributed by atoms with Crippen LogP contribution in [0, 0.1) is 5.82 Å². The smallest absolute Gasteiger partial charge is 0.325 e. The molecule has 4 N–H and O–H groups in total. The predicted molar refractivity (Wildman–Crippen MR) is 183 cm³/mol. The summed E-state index contributed by atoms with van der Waals surface area (Å²) in [5.41, 5.74) is 11.5. The zero-order valence-corrected chi connectivity index (χ0v) is 28.7. The number of aromatic nitrogens is 2. The van der Waals surface area contributed by atoms with Crippen LogP contribution in [0.5, 0.6) is 11.5 Å². The number of halogens is 3. The number of hydrogen-bond acceptors (Lipinski definition) is 9. The van der Waals surface area contributed by atoms with Gasteiger partial charge in [0.2, 0.25) is 5.82 Å². The molecule has 3 aromatic carbocycles. The van der Waals surface area contributed by atoms with Gasteiger partial charge in [0.25, 0.3) is 5.91 Å². The van der Waals surface area contributed by atoms with Crippen LogP contribution >= 0.6 is 23.2 Å². The highest BCUT2D eigenvalue weighted by atomic mass is 35.5. The summed E-state index contributed by atoms with van der Waals surface area (Å²) < 4.78 is 34.2. The van der Waals surface area contributed by atoms with E-state index in [2.05, 4.69) is 15.2 Å². The number of carbonyl (C=O) groups excluding carboxylic acids is 2. The standard InChI is InChI=1S/C35H36Cl2FN5O6/c1-42-13-12-27-26(15-42)40-33(43(27)2)34(45)41-25-9-5-8-22(29(25)37)19-6-4-7-21-20(19)10-11-28(21)49-32-23(36)14-18(31(47-3)30(32)38)17-48-35(46)24(39)16-44/h4-9,14,24,28,44H,10-13,15-17,39H2,1-3H3,(H,41,45)/t24-,28?/m0/s1. The summed E-state index contributed by atoms with van der Waals surface area (Å²) in [6, 6.07) is 11.4. The third kappa shape index (κ3) is 6.71. The van der Waals surface area contributed by atoms with Crippen molar-refractivity contribution in [1.29, 1.82) is 0 Å². The van der Waals surface area contributed by atoms with Gasteiger partial charge in [0.05, 0.1) is 35.1 Å². The number of nitrogens with one attached hydrogen (secondary N) is 1. The maximum atomic E-state index is 15.8. The summed E-state index contributed by atoms with van der Waals surface area (Å²) in [4.78, 5) is 32.1. The fourth-order valence-electron chi connectivity index (χ4n) is 6.41. The Kier molecular flexibility index (Phi) is 10.1. The van der Waals surface area contributed by atoms with Crippen molar-refractivity contribution in [3.05, 3.63) is 92.2 Å². The second kappa shape index (κ2) is 14.3. The number of imidazole rings is 1. The molecule has 0 fully saturated rings. The zero-order valence-electron chi connectivity index (χ0n) is 27.2. The number of carbonyl (C=O) groups is 2. The molecule has 2 aliphatic rings. The highest BCUT2D eigenvalue weighted by molar-refractivity contribution is 6.36. The minimum Gasteiger partial charge on any atom is -0.493 e. The molecule has 0 saturated heterocycles. The van der Waals surface area contributed by atoms with Crippen LogP contribution in [0.15, 0.2) is 42.5 Å². The van der Waals surface area contributed by atoms with E-state index < -0.39 is 30.5 Å². The Bertz CT molecular complexity index is 1940. The highest BCUT2D eigenvalue weighted by Crippen LogP contribution is 2.46. The van der Waals surface area contributed by atoms with Crippen molar-refractivity contribution >= 4 is 40.8 Å². The van der Waals surface area contributed by atoms with Gasteiger partial charge in [-0.3, -0.25) is 9.59 Å². The molecule has 0 spiro atoms. The van der Waals surface area contributed by atoms with E-state index in [0.29, 0.717) is 35.9 Å². The average molecular weight is 713 g/mol. The topological polar surface area (TPSA) is 141 Å². The number of fused-ring (bicyclic) bond motifs is 2. The number of nitrogens with two attached hydrogens (primary N) is 1. The van der Waals surface area contributed by atoms with Crippen LogP contribution in [0.4, 0.5) is 10.1 Å². The summed E-state index contributed by atoms with van der Waals surface area (Å²) in [5.74, 6) is -2.12. The molecule has 258 valence electrons. The third-order valence-electron chi connectivity index (χ3n) is 8.94. The summed E-state index contributed by atoms with van der Waals surface area (Å²) in [7, 11) is 5.16. The second-order valence-corrected chi connectivity index (χ2v) is 12.9. The lowest BCUT2D eigenvalue weighted by molar-refractivity contribution is -0.147. The number of benzene rings is 3. The van der Waals surface area contributed by atoms with E-state index in [0.717, 1.165) is 46.6 Å². The Balaban J connectivity index is 1.23. The number of rotatable bonds is 10. The van der Waals surface area contributed by atoms with Gasteiger partial charge in [-0.05, 0) is 48.7 Å². The van der Waals surface area contributed by atoms with Crippen molar-refractivity contribution in [2.75, 3.05) is 32.6 Å². The van der Waals surface area contributed by atoms with Gasteiger partial charge in [-0.25, -0.2) is 4.98 Å². The zero-order chi connectivity index (χ0) is 35.0. The van der Waals surface area contributed by atoms with Gasteiger partial charge in [0.15, 0.2) is 17.3 Å². The number of aliphatic hydroxyl groups excluding tert-OH is 1. The van der Waals surface area contributed by atoms with E-state index >= 15 is 4.39 Å². The van der Waals surface area contributed by atoms with Crippen LogP contribution in [0.3, 0.4) is 0 Å². The summed E-state index contributed by atoms with van der Waals surface area (Å²) in [6.07, 6.45) is 1.44. The van der Waals surface area contributed by atoms with Gasteiger partial charge in [0, 0.05) is 43.4 Å². The fourth-order valence-corrected chi connectivity index (χ4v) is 6.94. The molecular weight excluding hydrogens is 676 g/mol. The molecule has 0 saturated carbocycles. The molecule has 2 heterocycles. The van der Waals surface area contributed by atoms with Crippen molar-refractivity contribution < 1.29 is 33.3 Å². The molecule has 2 atom stereocenters. The number of nitrogens with zero attached hydrogens (tertiary/aromatic N) is 3. The summed E-state index contributed by atoms with van der Waals surface area (Å²) >= 11 is 13.4. The fraction of sp³-hybridized carbons (Fsp3) is 0.343. The molecule has 14 heteroatoms. The van der Waals surface area contributed by atoms with Crippen LogP contribution in [-0.4, -0.2) is 64.8 Å². The molecule has 4 aromatic rings. The number of ether oxygens (including phenoxy) is 3. The molecule has 11 nitrogen and oxygen atoms in total. The Labute approximate surface area is 292 Å². The van der Waals surface area contributed by atoms with E-state index in [1.165, 1.54) is 13.2 Å². The SMILES string of the molecule is COc1c(COC(=O)[C@@H](N)CO)cc(Cl)c(OC2CCc3c(-c4cccc(NC(=O)c5nc6c(n5C)CCN(C)C6)c4Cl)cccc32)c1F. The first-order chi connectivity index (χ1) is 23.5. The average Bonchev–Trinajstić information content (AvgIpc) is 3.66. The number of anilines is 1. The maximum Gasteiger partial charge on any atom is 0.325 e. The van der Waals surface area contributed by atoms with Crippen LogP contribution in [0.1, 0.15) is 51.2 Å². The molecule has 1 aromatic heterocycles. The third-order valence-corrected chi connectivity index (χ3v) is 9.63. The second-order valence-electron chi connectivity index (χ2n) is 12.1. The molecule has 6 rings (SSSR count). The maximum absolute atomic E-state index is 15.8. The van der Waals surface area contributed by atoms with Crippen LogP contribution < -0.4 is 20.5 Å². The van der Waals surface area contributed by atoms with Crippen LogP contribution in [0.2, 0.25) is 10.0 Å². The number of methoxy groups -OCH3 is 1. The van der Waals surface area contributed by atoms with E-state index in [4.69, 9.17) is 48.3 Å². The lowest BCUT2D eigenvalue weighted by Crippen LogP contribution is -2.35. The number of hydrogen-bond donors (Lipinski definition) is 3. The van der Waals surface area contributed by atoms with E-state index in [9.17, 15) is 9.59 Å². The molecule has 1 unspecified atom stereocenters. The first-order valence-corrected chi connectivity index (χ1v) is 16.5. The molecule has 1 amide bonds. The van der Waals surface area contributed by atoms with Crippen molar-refractivity contribution in [2.24, 2.45) is 12.8 Å². The Hall–Kier alpha value is -4.20. The largest absolute Gasteiger partial charge is 0.493 e. The summed E-state index contributed by atoms with van der Waals surface area (Å²) in [6.45, 7) is 0.623. The predicted octanol–water partition coefficient (Wildman–Crippen LogP) is 5.21. The van der Waals surface area contributed by atoms with Gasteiger partial charge in [-0.1, -0.05) is 53.5 Å². The molecule has 0 bridgehead atoms. The van der Waals surface area contributed by atoms with Crippen molar-refractivity contribution in [3.8, 4) is 22.6 Å². The highest BCUT2D eigenvalue weighted by Gasteiger charge is 2.31. The van der Waals surface area contributed by atoms with Crippen molar-refractivity contribution in [2.45, 2.75) is 44.6 Å². The Morgan fingerprint density at radius 1 is 1.14 bits per heavy atom. The quantitative estimate of drug-likeness (QED) is 0.189. The van der Waals surface area contributed by atoms with Gasteiger partial charge < -0.3 is 39.8 Å². The molecule has 49 heavy (non-hydrogen) atoms. The van der Waals surface area contributed by atoms with Gasteiger partial charge in [0.1, 0.15) is 18.8 Å². The van der Waals surface area contributed by atoms with Gasteiger partial charge in [-0.15, -0.1) is 0 Å². The Morgan fingerprint density at radius 3 is 2.65 bits per heavy atom. The first-order valence-electron chi connectivity index (χ1n) is 15.7. The van der Waals surface area contributed by atoms with Gasteiger partial charge in [-0.2, -0.15) is 4.39 Å². The van der Waals surface area contributed by atoms with E-state index in [1.54, 1.807) is 6.07 Å². The lowest BCUT2D eigenvalue weighted by atomic mass is 9.96. The van der Waals surface area contributed by atoms with Crippen LogP contribution in [0.25, 0.3) is 11.1 Å².